The lowest BCUT2D eigenvalue weighted by Crippen LogP contribution is -2.52. The summed E-state index contributed by atoms with van der Waals surface area (Å²) >= 11 is 0. The first kappa shape index (κ1) is 24.7. The molecule has 166 valence electrons. The zero-order valence-corrected chi connectivity index (χ0v) is 17.3. The Bertz CT molecular complexity index is 721. The van der Waals surface area contributed by atoms with Crippen LogP contribution in [0.1, 0.15) is 39.5 Å². The van der Waals surface area contributed by atoms with E-state index in [0.717, 1.165) is 0 Å². The zero-order chi connectivity index (χ0) is 22.5. The minimum Gasteiger partial charge on any atom is -0.494 e. The van der Waals surface area contributed by atoms with Crippen molar-refractivity contribution in [2.75, 3.05) is 18.5 Å². The molecule has 0 spiro atoms. The minimum atomic E-state index is -1.04. The van der Waals surface area contributed by atoms with E-state index in [1.54, 1.807) is 24.3 Å². The third-order valence-corrected chi connectivity index (χ3v) is 3.82. The summed E-state index contributed by atoms with van der Waals surface area (Å²) in [5, 5.41) is 16.9. The summed E-state index contributed by atoms with van der Waals surface area (Å²) in [6, 6.07) is 6.68. The number of anilines is 1. The molecule has 0 aliphatic carbocycles. The Morgan fingerprint density at radius 2 is 1.73 bits per heavy atom. The monoisotopic (exact) mass is 422 g/mol. The normalized spacial score (nSPS) is 11.4. The van der Waals surface area contributed by atoms with Crippen LogP contribution in [0.4, 0.5) is 5.69 Å². The van der Waals surface area contributed by atoms with Crippen LogP contribution in [0.2, 0.25) is 0 Å². The van der Waals surface area contributed by atoms with E-state index in [1.165, 1.54) is 0 Å². The second-order valence-corrected chi connectivity index (χ2v) is 7.12. The maximum absolute atomic E-state index is 12.5. The average molecular weight is 422 g/mol. The number of carbonyl (C=O) groups excluding carboxylic acids is 3. The van der Waals surface area contributed by atoms with Gasteiger partial charge >= 0.3 is 5.97 Å². The molecular formula is C20H30N4O6. The summed E-state index contributed by atoms with van der Waals surface area (Å²) in [5.74, 6) is -1.58. The largest absolute Gasteiger partial charge is 0.494 e. The van der Waals surface area contributed by atoms with Gasteiger partial charge in [-0.05, 0) is 36.6 Å². The maximum Gasteiger partial charge on any atom is 0.303 e. The number of amides is 3. The van der Waals surface area contributed by atoms with Gasteiger partial charge in [-0.15, -0.1) is 0 Å². The molecular weight excluding hydrogens is 392 g/mol. The molecule has 3 amide bonds. The Hall–Kier alpha value is -3.30. The number of hydrogen-bond acceptors (Lipinski definition) is 6. The van der Waals surface area contributed by atoms with Crippen LogP contribution < -0.4 is 26.4 Å². The van der Waals surface area contributed by atoms with Crippen molar-refractivity contribution in [1.82, 2.24) is 10.6 Å². The topological polar surface area (TPSA) is 160 Å². The van der Waals surface area contributed by atoms with Crippen LogP contribution in [-0.4, -0.2) is 48.1 Å². The Kier molecular flexibility index (Phi) is 10.7. The molecule has 0 aromatic heterocycles. The molecule has 0 bridgehead atoms. The summed E-state index contributed by atoms with van der Waals surface area (Å²) in [6.07, 6.45) is -0.840. The highest BCUT2D eigenvalue weighted by molar-refractivity contribution is 5.90. The van der Waals surface area contributed by atoms with Gasteiger partial charge in [0.25, 0.3) is 5.91 Å². The molecule has 1 atom stereocenters. The first-order valence-corrected chi connectivity index (χ1v) is 9.74. The van der Waals surface area contributed by atoms with Crippen molar-refractivity contribution in [2.24, 2.45) is 11.7 Å². The van der Waals surface area contributed by atoms with E-state index >= 15 is 0 Å². The van der Waals surface area contributed by atoms with Gasteiger partial charge in [0.1, 0.15) is 5.75 Å². The number of carbonyl (C=O) groups is 4. The van der Waals surface area contributed by atoms with E-state index in [4.69, 9.17) is 15.6 Å². The van der Waals surface area contributed by atoms with Crippen molar-refractivity contribution in [3.05, 3.63) is 24.3 Å². The minimum absolute atomic E-state index is 0.0300. The predicted molar refractivity (Wildman–Crippen MR) is 111 cm³/mol. The van der Waals surface area contributed by atoms with Crippen LogP contribution in [0, 0.1) is 5.92 Å². The van der Waals surface area contributed by atoms with Crippen LogP contribution in [0.3, 0.4) is 0 Å². The van der Waals surface area contributed by atoms with Gasteiger partial charge in [0.2, 0.25) is 11.8 Å². The summed E-state index contributed by atoms with van der Waals surface area (Å²) < 4.78 is 5.46. The van der Waals surface area contributed by atoms with Gasteiger partial charge in [-0.2, -0.15) is 0 Å². The van der Waals surface area contributed by atoms with E-state index in [0.29, 0.717) is 24.4 Å². The lowest BCUT2D eigenvalue weighted by molar-refractivity contribution is -0.137. The quantitative estimate of drug-likeness (QED) is 0.219. The van der Waals surface area contributed by atoms with Crippen molar-refractivity contribution in [3.63, 3.8) is 0 Å². The average Bonchev–Trinajstić information content (AvgIpc) is 2.68. The highest BCUT2D eigenvalue weighted by atomic mass is 16.5. The van der Waals surface area contributed by atoms with Gasteiger partial charge in [-0.3, -0.25) is 19.2 Å². The van der Waals surface area contributed by atoms with Crippen LogP contribution in [0.25, 0.3) is 0 Å². The number of rotatable bonds is 14. The van der Waals surface area contributed by atoms with Crippen LogP contribution in [0.15, 0.2) is 24.3 Å². The Labute approximate surface area is 175 Å². The third kappa shape index (κ3) is 10.9. The van der Waals surface area contributed by atoms with E-state index in [-0.39, 0.29) is 31.8 Å². The molecule has 30 heavy (non-hydrogen) atoms. The molecule has 0 fully saturated rings. The molecule has 1 aromatic carbocycles. The maximum atomic E-state index is 12.5. The van der Waals surface area contributed by atoms with Crippen LogP contribution in [-0.2, 0) is 19.2 Å². The van der Waals surface area contributed by atoms with Crippen LogP contribution >= 0.6 is 0 Å². The predicted octanol–water partition coefficient (Wildman–Crippen LogP) is 0.822. The molecule has 1 unspecified atom stereocenters. The number of aliphatic carboxylic acids is 1. The molecule has 1 rings (SSSR count). The number of primary amides is 1. The van der Waals surface area contributed by atoms with Gasteiger partial charge in [0.05, 0.1) is 6.61 Å². The molecule has 0 saturated heterocycles. The molecule has 0 saturated carbocycles. The molecule has 0 aliphatic rings. The first-order chi connectivity index (χ1) is 14.2. The van der Waals surface area contributed by atoms with Crippen molar-refractivity contribution in [3.8, 4) is 5.75 Å². The van der Waals surface area contributed by atoms with Crippen molar-refractivity contribution in [1.29, 1.82) is 0 Å². The number of ether oxygens (including phenoxy) is 1. The van der Waals surface area contributed by atoms with Crippen molar-refractivity contribution < 1.29 is 29.0 Å². The summed E-state index contributed by atoms with van der Waals surface area (Å²) in [6.45, 7) is 4.61. The van der Waals surface area contributed by atoms with Gasteiger partial charge in [0.15, 0.2) is 6.17 Å². The van der Waals surface area contributed by atoms with Crippen LogP contribution in [0.5, 0.6) is 5.75 Å². The second kappa shape index (κ2) is 13.0. The molecule has 10 heteroatoms. The van der Waals surface area contributed by atoms with Gasteiger partial charge < -0.3 is 31.5 Å². The Morgan fingerprint density at radius 3 is 2.30 bits per heavy atom. The van der Waals surface area contributed by atoms with E-state index in [1.807, 2.05) is 13.8 Å². The summed E-state index contributed by atoms with van der Waals surface area (Å²) in [5.41, 5.74) is 5.62. The molecule has 1 aromatic rings. The molecule has 6 N–H and O–H groups in total. The fraction of sp³-hybridized carbons (Fsp3) is 0.500. The summed E-state index contributed by atoms with van der Waals surface area (Å²) in [7, 11) is 0. The highest BCUT2D eigenvalue weighted by Crippen LogP contribution is 2.16. The number of nitrogens with one attached hydrogen (secondary N) is 3. The number of carboxylic acid groups (broad SMARTS) is 1. The first-order valence-electron chi connectivity index (χ1n) is 9.74. The van der Waals surface area contributed by atoms with E-state index in [2.05, 4.69) is 16.0 Å². The molecule has 10 nitrogen and oxygen atoms in total. The highest BCUT2D eigenvalue weighted by Gasteiger charge is 2.21. The number of hydrogen-bond donors (Lipinski definition) is 5. The van der Waals surface area contributed by atoms with Gasteiger partial charge in [-0.1, -0.05) is 13.8 Å². The van der Waals surface area contributed by atoms with E-state index in [9.17, 15) is 19.2 Å². The SMILES string of the molecule is CC(C)CNC(=O)C(NC(=O)CCC(N)=O)Nc1ccc(OCCCC(=O)O)cc1. The number of benzene rings is 1. The molecule has 0 radical (unpaired) electrons. The van der Waals surface area contributed by atoms with Crippen molar-refractivity contribution in [2.45, 2.75) is 45.7 Å². The van der Waals surface area contributed by atoms with E-state index < -0.39 is 29.9 Å². The second-order valence-electron chi connectivity index (χ2n) is 7.12. The lowest BCUT2D eigenvalue weighted by atomic mass is 10.2. The van der Waals surface area contributed by atoms with Gasteiger partial charge in [0, 0.05) is 31.5 Å². The molecule has 0 heterocycles. The number of nitrogens with two attached hydrogens (primary N) is 1. The fourth-order valence-corrected chi connectivity index (χ4v) is 2.27. The fourth-order valence-electron chi connectivity index (χ4n) is 2.27. The number of carboxylic acids is 1. The Balaban J connectivity index is 2.69. The zero-order valence-electron chi connectivity index (χ0n) is 17.3. The Morgan fingerprint density at radius 1 is 1.07 bits per heavy atom. The van der Waals surface area contributed by atoms with Gasteiger partial charge in [-0.25, -0.2) is 0 Å². The van der Waals surface area contributed by atoms with Crippen molar-refractivity contribution >= 4 is 29.4 Å². The molecule has 0 aliphatic heterocycles. The standard InChI is InChI=1S/C20H30N4O6/c1-13(2)12-22-20(29)19(24-17(26)10-9-16(21)25)23-14-5-7-15(8-6-14)30-11-3-4-18(27)28/h5-8,13,19,23H,3-4,9-12H2,1-2H3,(H2,21,25)(H,22,29)(H,24,26)(H,27,28). The smallest absolute Gasteiger partial charge is 0.303 e. The lowest BCUT2D eigenvalue weighted by Gasteiger charge is -2.21. The summed E-state index contributed by atoms with van der Waals surface area (Å²) in [4.78, 5) is 45.9. The third-order valence-electron chi connectivity index (χ3n) is 3.82.